The molecule has 19 heavy (non-hydrogen) atoms. The predicted octanol–water partition coefficient (Wildman–Crippen LogP) is 3.54. The highest BCUT2D eigenvalue weighted by molar-refractivity contribution is 9.10. The molecule has 1 aromatic rings. The maximum absolute atomic E-state index is 12.2. The number of hydrogen-bond donors (Lipinski definition) is 2. The lowest BCUT2D eigenvalue weighted by Crippen LogP contribution is -2.30. The maximum atomic E-state index is 12.2. The van der Waals surface area contributed by atoms with Gasteiger partial charge in [0, 0.05) is 0 Å². The number of carbonyl (C=O) groups excluding carboxylic acids is 1. The third kappa shape index (κ3) is 3.09. The highest BCUT2D eigenvalue weighted by atomic mass is 79.9. The Bertz CT molecular complexity index is 521. The van der Waals surface area contributed by atoms with Crippen molar-refractivity contribution in [2.45, 2.75) is 19.3 Å². The van der Waals surface area contributed by atoms with Gasteiger partial charge in [-0.15, -0.1) is 0 Å². The summed E-state index contributed by atoms with van der Waals surface area (Å²) in [7, 11) is 0. The number of carboxylic acids is 1. The normalized spacial score (nSPS) is 22.2. The number of rotatable bonds is 3. The minimum Gasteiger partial charge on any atom is -0.481 e. The van der Waals surface area contributed by atoms with Crippen LogP contribution in [0.15, 0.2) is 22.7 Å². The third-order valence-corrected chi connectivity index (χ3v) is 4.78. The molecule has 0 spiro atoms. The Morgan fingerprint density at radius 3 is 2.68 bits per heavy atom. The standard InChI is InChI=1S/C13H13BrClNO3/c14-11-9(15)5-2-6-10(11)16-12(17)7-3-1-4-8(7)13(18)19/h2,5-8H,1,3-4H2,(H,16,17)(H,18,19)/t7-,8+/m1/s1. The van der Waals surface area contributed by atoms with Gasteiger partial charge in [-0.05, 0) is 40.9 Å². The fourth-order valence-corrected chi connectivity index (χ4v) is 2.93. The zero-order valence-corrected chi connectivity index (χ0v) is 12.4. The van der Waals surface area contributed by atoms with Crippen LogP contribution in [0, 0.1) is 11.8 Å². The van der Waals surface area contributed by atoms with Crippen LogP contribution in [0.1, 0.15) is 19.3 Å². The number of amides is 1. The molecule has 1 saturated carbocycles. The van der Waals surface area contributed by atoms with Crippen LogP contribution in [0.3, 0.4) is 0 Å². The fraction of sp³-hybridized carbons (Fsp3) is 0.385. The van der Waals surface area contributed by atoms with Crippen LogP contribution in [0.4, 0.5) is 5.69 Å². The molecule has 0 heterocycles. The van der Waals surface area contributed by atoms with Gasteiger partial charge in [-0.25, -0.2) is 0 Å². The SMILES string of the molecule is O=C(O)[C@H]1CCC[C@H]1C(=O)Nc1cccc(Cl)c1Br. The predicted molar refractivity (Wildman–Crippen MR) is 76.2 cm³/mol. The van der Waals surface area contributed by atoms with Gasteiger partial charge in [0.05, 0.1) is 27.0 Å². The Balaban J connectivity index is 2.13. The maximum Gasteiger partial charge on any atom is 0.307 e. The molecule has 102 valence electrons. The van der Waals surface area contributed by atoms with Crippen LogP contribution in [-0.4, -0.2) is 17.0 Å². The zero-order chi connectivity index (χ0) is 14.0. The molecular formula is C13H13BrClNO3. The van der Waals surface area contributed by atoms with Gasteiger partial charge in [0.2, 0.25) is 5.91 Å². The number of benzene rings is 1. The number of anilines is 1. The molecule has 0 aliphatic heterocycles. The summed E-state index contributed by atoms with van der Waals surface area (Å²) in [6.45, 7) is 0. The van der Waals surface area contributed by atoms with Crippen LogP contribution in [0.2, 0.25) is 5.02 Å². The molecule has 1 fully saturated rings. The Kier molecular flexibility index (Phi) is 4.47. The molecule has 0 radical (unpaired) electrons. The van der Waals surface area contributed by atoms with Crippen molar-refractivity contribution in [3.05, 3.63) is 27.7 Å². The van der Waals surface area contributed by atoms with Gasteiger partial charge >= 0.3 is 5.97 Å². The summed E-state index contributed by atoms with van der Waals surface area (Å²) in [5, 5.41) is 12.3. The highest BCUT2D eigenvalue weighted by Gasteiger charge is 2.37. The average molecular weight is 347 g/mol. The zero-order valence-electron chi connectivity index (χ0n) is 10.0. The lowest BCUT2D eigenvalue weighted by Gasteiger charge is -2.16. The summed E-state index contributed by atoms with van der Waals surface area (Å²) in [6.07, 6.45) is 1.94. The molecule has 2 N–H and O–H groups in total. The molecular weight excluding hydrogens is 334 g/mol. The van der Waals surface area contributed by atoms with Gasteiger partial charge in [-0.3, -0.25) is 9.59 Å². The topological polar surface area (TPSA) is 66.4 Å². The molecule has 1 aliphatic rings. The molecule has 0 aromatic heterocycles. The van der Waals surface area contributed by atoms with Crippen LogP contribution >= 0.6 is 27.5 Å². The van der Waals surface area contributed by atoms with E-state index < -0.39 is 17.8 Å². The molecule has 1 amide bonds. The van der Waals surface area contributed by atoms with Crippen molar-refractivity contribution in [1.29, 1.82) is 0 Å². The molecule has 0 saturated heterocycles. The first-order valence-electron chi connectivity index (χ1n) is 5.98. The Labute approximate surface area is 124 Å². The molecule has 0 bridgehead atoms. The van der Waals surface area contributed by atoms with Crippen molar-refractivity contribution in [1.82, 2.24) is 0 Å². The van der Waals surface area contributed by atoms with Gasteiger partial charge in [-0.2, -0.15) is 0 Å². The molecule has 0 unspecified atom stereocenters. The van der Waals surface area contributed by atoms with E-state index >= 15 is 0 Å². The van der Waals surface area contributed by atoms with Gasteiger partial charge in [-0.1, -0.05) is 24.1 Å². The highest BCUT2D eigenvalue weighted by Crippen LogP contribution is 2.35. The molecule has 2 atom stereocenters. The first-order chi connectivity index (χ1) is 9.00. The number of nitrogens with one attached hydrogen (secondary N) is 1. The average Bonchev–Trinajstić information content (AvgIpc) is 2.84. The summed E-state index contributed by atoms with van der Waals surface area (Å²) in [5.41, 5.74) is 0.563. The summed E-state index contributed by atoms with van der Waals surface area (Å²) in [5.74, 6) is -2.21. The van der Waals surface area contributed by atoms with Crippen molar-refractivity contribution in [2.75, 3.05) is 5.32 Å². The van der Waals surface area contributed by atoms with Crippen molar-refractivity contribution < 1.29 is 14.7 Å². The summed E-state index contributed by atoms with van der Waals surface area (Å²) in [4.78, 5) is 23.2. The number of halogens is 2. The Morgan fingerprint density at radius 2 is 2.00 bits per heavy atom. The van der Waals surface area contributed by atoms with Crippen molar-refractivity contribution in [3.8, 4) is 0 Å². The van der Waals surface area contributed by atoms with Crippen molar-refractivity contribution >= 4 is 45.1 Å². The van der Waals surface area contributed by atoms with Crippen molar-refractivity contribution in [3.63, 3.8) is 0 Å². The first kappa shape index (κ1) is 14.3. The van der Waals surface area contributed by atoms with E-state index in [0.717, 1.165) is 6.42 Å². The van der Waals surface area contributed by atoms with Crippen LogP contribution < -0.4 is 5.32 Å². The number of carboxylic acid groups (broad SMARTS) is 1. The van der Waals surface area contributed by atoms with E-state index in [2.05, 4.69) is 21.2 Å². The van der Waals surface area contributed by atoms with Crippen LogP contribution in [0.5, 0.6) is 0 Å². The molecule has 2 rings (SSSR count). The smallest absolute Gasteiger partial charge is 0.307 e. The lowest BCUT2D eigenvalue weighted by molar-refractivity contribution is -0.145. The van der Waals surface area contributed by atoms with Gasteiger partial charge in [0.15, 0.2) is 0 Å². The van der Waals surface area contributed by atoms with Crippen molar-refractivity contribution in [2.24, 2.45) is 11.8 Å². The number of aliphatic carboxylic acids is 1. The molecule has 1 aliphatic carbocycles. The van der Waals surface area contributed by atoms with E-state index in [1.54, 1.807) is 18.2 Å². The number of hydrogen-bond acceptors (Lipinski definition) is 2. The van der Waals surface area contributed by atoms with E-state index in [-0.39, 0.29) is 5.91 Å². The van der Waals surface area contributed by atoms with E-state index in [4.69, 9.17) is 16.7 Å². The van der Waals surface area contributed by atoms with Crippen LogP contribution in [0.25, 0.3) is 0 Å². The third-order valence-electron chi connectivity index (χ3n) is 3.38. The van der Waals surface area contributed by atoms with Gasteiger partial charge < -0.3 is 10.4 Å². The molecule has 6 heteroatoms. The molecule has 1 aromatic carbocycles. The van der Waals surface area contributed by atoms with Gasteiger partial charge in [0.1, 0.15) is 0 Å². The largest absolute Gasteiger partial charge is 0.481 e. The van der Waals surface area contributed by atoms with Crippen LogP contribution in [-0.2, 0) is 9.59 Å². The van der Waals surface area contributed by atoms with E-state index in [0.29, 0.717) is 28.0 Å². The van der Waals surface area contributed by atoms with Gasteiger partial charge in [0.25, 0.3) is 0 Å². The minimum atomic E-state index is -0.900. The second-order valence-electron chi connectivity index (χ2n) is 4.57. The summed E-state index contributed by atoms with van der Waals surface area (Å²) >= 11 is 9.24. The Morgan fingerprint density at radius 1 is 1.32 bits per heavy atom. The Hall–Kier alpha value is -1.07. The quantitative estimate of drug-likeness (QED) is 0.879. The first-order valence-corrected chi connectivity index (χ1v) is 7.15. The number of carbonyl (C=O) groups is 2. The van der Waals surface area contributed by atoms with E-state index in [1.165, 1.54) is 0 Å². The molecule has 4 nitrogen and oxygen atoms in total. The fourth-order valence-electron chi connectivity index (χ4n) is 2.40. The van der Waals surface area contributed by atoms with E-state index in [1.807, 2.05) is 0 Å². The lowest BCUT2D eigenvalue weighted by atomic mass is 9.95. The van der Waals surface area contributed by atoms with E-state index in [9.17, 15) is 9.59 Å². The second kappa shape index (κ2) is 5.92. The minimum absolute atomic E-state index is 0.257. The second-order valence-corrected chi connectivity index (χ2v) is 5.77. The monoisotopic (exact) mass is 345 g/mol. The summed E-state index contributed by atoms with van der Waals surface area (Å²) < 4.78 is 0.606. The summed E-state index contributed by atoms with van der Waals surface area (Å²) in [6, 6.07) is 5.15.